The second-order valence-electron chi connectivity index (χ2n) is 7.37. The van der Waals surface area contributed by atoms with Crippen molar-refractivity contribution >= 4 is 27.5 Å². The van der Waals surface area contributed by atoms with Crippen LogP contribution in [0.25, 0.3) is 11.4 Å². The van der Waals surface area contributed by atoms with Crippen molar-refractivity contribution < 1.29 is 22.7 Å². The number of alkyl carbamates (subject to hydrolysis) is 1. The van der Waals surface area contributed by atoms with Crippen LogP contribution in [-0.4, -0.2) is 58.7 Å². The topological polar surface area (TPSA) is 145 Å². The highest BCUT2D eigenvalue weighted by atomic mass is 32.2. The summed E-state index contributed by atoms with van der Waals surface area (Å²) in [6.07, 6.45) is 0.123. The van der Waals surface area contributed by atoms with Crippen LogP contribution in [0.15, 0.2) is 54.6 Å². The zero-order valence-corrected chi connectivity index (χ0v) is 18.9. The zero-order chi connectivity index (χ0) is 23.8. The SMILES string of the molecule is Cn1nnnc1-c1cccc(NC(=O)C(CCS(C)(=O)=O)NC(=O)OCc2ccccc2)c1. The highest BCUT2D eigenvalue weighted by molar-refractivity contribution is 7.90. The Morgan fingerprint density at radius 1 is 1.12 bits per heavy atom. The minimum absolute atomic E-state index is 0.0148. The molecule has 0 aliphatic carbocycles. The number of nitrogens with zero attached hydrogens (tertiary/aromatic N) is 4. The molecule has 11 nitrogen and oxygen atoms in total. The van der Waals surface area contributed by atoms with E-state index in [0.29, 0.717) is 17.1 Å². The Kier molecular flexibility index (Phi) is 7.72. The van der Waals surface area contributed by atoms with Crippen molar-refractivity contribution in [2.45, 2.75) is 19.1 Å². The van der Waals surface area contributed by atoms with E-state index in [9.17, 15) is 18.0 Å². The average Bonchev–Trinajstić information content (AvgIpc) is 3.21. The van der Waals surface area contributed by atoms with Crippen LogP contribution >= 0.6 is 0 Å². The molecule has 1 atom stereocenters. The normalized spacial score (nSPS) is 12.1. The summed E-state index contributed by atoms with van der Waals surface area (Å²) in [6, 6.07) is 14.7. The van der Waals surface area contributed by atoms with Gasteiger partial charge >= 0.3 is 6.09 Å². The van der Waals surface area contributed by atoms with E-state index in [2.05, 4.69) is 26.2 Å². The van der Waals surface area contributed by atoms with E-state index in [1.165, 1.54) is 4.68 Å². The quantitative estimate of drug-likeness (QED) is 0.477. The van der Waals surface area contributed by atoms with Gasteiger partial charge in [-0.3, -0.25) is 4.79 Å². The predicted molar refractivity (Wildman–Crippen MR) is 121 cm³/mol. The molecule has 0 saturated heterocycles. The number of carbonyl (C=O) groups is 2. The predicted octanol–water partition coefficient (Wildman–Crippen LogP) is 1.55. The van der Waals surface area contributed by atoms with E-state index < -0.39 is 27.9 Å². The van der Waals surface area contributed by atoms with E-state index >= 15 is 0 Å². The maximum Gasteiger partial charge on any atom is 0.408 e. The van der Waals surface area contributed by atoms with Crippen LogP contribution in [0.3, 0.4) is 0 Å². The summed E-state index contributed by atoms with van der Waals surface area (Å²) in [4.78, 5) is 25.1. The molecular formula is C21H24N6O5S. The highest BCUT2D eigenvalue weighted by Crippen LogP contribution is 2.20. The first-order valence-electron chi connectivity index (χ1n) is 10.00. The monoisotopic (exact) mass is 472 g/mol. The van der Waals surface area contributed by atoms with E-state index in [0.717, 1.165) is 11.8 Å². The third-order valence-electron chi connectivity index (χ3n) is 4.61. The van der Waals surface area contributed by atoms with Crippen LogP contribution in [0.1, 0.15) is 12.0 Å². The molecule has 0 spiro atoms. The first-order chi connectivity index (χ1) is 15.7. The van der Waals surface area contributed by atoms with E-state index in [4.69, 9.17) is 4.74 Å². The van der Waals surface area contributed by atoms with Crippen LogP contribution in [-0.2, 0) is 33.0 Å². The average molecular weight is 473 g/mol. The Bertz CT molecular complexity index is 1210. The van der Waals surface area contributed by atoms with Gasteiger partial charge in [-0.05, 0) is 34.5 Å². The van der Waals surface area contributed by atoms with Gasteiger partial charge in [0.2, 0.25) is 5.91 Å². The van der Waals surface area contributed by atoms with Gasteiger partial charge in [0.1, 0.15) is 22.5 Å². The van der Waals surface area contributed by atoms with Crippen molar-refractivity contribution in [1.29, 1.82) is 0 Å². The third kappa shape index (κ3) is 7.38. The van der Waals surface area contributed by atoms with Crippen molar-refractivity contribution in [2.24, 2.45) is 7.05 Å². The van der Waals surface area contributed by atoms with E-state index in [1.807, 2.05) is 18.2 Å². The molecule has 1 unspecified atom stereocenters. The molecule has 2 amide bonds. The lowest BCUT2D eigenvalue weighted by atomic mass is 10.1. The van der Waals surface area contributed by atoms with Gasteiger partial charge in [-0.15, -0.1) is 5.10 Å². The molecule has 12 heteroatoms. The number of carbonyl (C=O) groups excluding carboxylic acids is 2. The smallest absolute Gasteiger partial charge is 0.408 e. The lowest BCUT2D eigenvalue weighted by molar-refractivity contribution is -0.118. The Morgan fingerprint density at radius 2 is 1.88 bits per heavy atom. The van der Waals surface area contributed by atoms with Crippen molar-refractivity contribution in [1.82, 2.24) is 25.5 Å². The fraction of sp³-hybridized carbons (Fsp3) is 0.286. The van der Waals surface area contributed by atoms with Crippen LogP contribution < -0.4 is 10.6 Å². The number of rotatable bonds is 9. The molecular weight excluding hydrogens is 448 g/mol. The summed E-state index contributed by atoms with van der Waals surface area (Å²) in [6.45, 7) is 0.0148. The van der Waals surface area contributed by atoms with Crippen molar-refractivity contribution in [3.63, 3.8) is 0 Å². The van der Waals surface area contributed by atoms with Gasteiger partial charge in [-0.2, -0.15) is 0 Å². The molecule has 0 radical (unpaired) electrons. The fourth-order valence-corrected chi connectivity index (χ4v) is 3.61. The molecule has 1 aromatic heterocycles. The number of ether oxygens (including phenoxy) is 1. The zero-order valence-electron chi connectivity index (χ0n) is 18.1. The first kappa shape index (κ1) is 23.9. The van der Waals surface area contributed by atoms with Crippen molar-refractivity contribution in [2.75, 3.05) is 17.3 Å². The summed E-state index contributed by atoms with van der Waals surface area (Å²) in [7, 11) is -1.67. The number of benzene rings is 2. The number of amides is 2. The Balaban J connectivity index is 1.68. The largest absolute Gasteiger partial charge is 0.445 e. The molecule has 3 aromatic rings. The maximum absolute atomic E-state index is 12.9. The summed E-state index contributed by atoms with van der Waals surface area (Å²) >= 11 is 0. The van der Waals surface area contributed by atoms with Crippen LogP contribution in [0, 0.1) is 0 Å². The number of nitrogens with one attached hydrogen (secondary N) is 2. The summed E-state index contributed by atoms with van der Waals surface area (Å²) in [5.41, 5.74) is 1.88. The van der Waals surface area contributed by atoms with Gasteiger partial charge in [-0.1, -0.05) is 42.5 Å². The Hall–Kier alpha value is -3.80. The molecule has 1 heterocycles. The summed E-state index contributed by atoms with van der Waals surface area (Å²) in [5, 5.41) is 16.5. The molecule has 174 valence electrons. The summed E-state index contributed by atoms with van der Waals surface area (Å²) < 4.78 is 29.9. The minimum Gasteiger partial charge on any atom is -0.445 e. The molecule has 3 rings (SSSR count). The van der Waals surface area contributed by atoms with Gasteiger partial charge in [0.15, 0.2) is 5.82 Å². The van der Waals surface area contributed by atoms with Gasteiger partial charge in [0.25, 0.3) is 0 Å². The second kappa shape index (κ2) is 10.7. The maximum atomic E-state index is 12.9. The number of aryl methyl sites for hydroxylation is 1. The Morgan fingerprint density at radius 3 is 2.55 bits per heavy atom. The molecule has 0 fully saturated rings. The molecule has 2 N–H and O–H groups in total. The lowest BCUT2D eigenvalue weighted by Crippen LogP contribution is -2.45. The number of hydrogen-bond acceptors (Lipinski definition) is 8. The molecule has 33 heavy (non-hydrogen) atoms. The standard InChI is InChI=1S/C21H24N6O5S/c1-27-19(24-25-26-27)16-9-6-10-17(13-16)22-20(28)18(11-12-33(2,30)31)23-21(29)32-14-15-7-4-3-5-8-15/h3-10,13,18H,11-12,14H2,1-2H3,(H,22,28)(H,23,29). The molecule has 0 aliphatic rings. The first-order valence-corrected chi connectivity index (χ1v) is 12.1. The van der Waals surface area contributed by atoms with Gasteiger partial charge in [-0.25, -0.2) is 17.9 Å². The second-order valence-corrected chi connectivity index (χ2v) is 9.63. The Labute approximate surface area is 191 Å². The van der Waals surface area contributed by atoms with Gasteiger partial charge < -0.3 is 15.4 Å². The van der Waals surface area contributed by atoms with Crippen LogP contribution in [0.5, 0.6) is 0 Å². The van der Waals surface area contributed by atoms with Gasteiger partial charge in [0, 0.05) is 24.6 Å². The number of anilines is 1. The van der Waals surface area contributed by atoms with Gasteiger partial charge in [0.05, 0.1) is 5.75 Å². The van der Waals surface area contributed by atoms with E-state index in [-0.39, 0.29) is 18.8 Å². The van der Waals surface area contributed by atoms with Crippen LogP contribution in [0.2, 0.25) is 0 Å². The van der Waals surface area contributed by atoms with Crippen molar-refractivity contribution in [3.05, 3.63) is 60.2 Å². The number of sulfone groups is 1. The number of tetrazole rings is 1. The molecule has 0 aliphatic heterocycles. The number of aromatic nitrogens is 4. The molecule has 0 bridgehead atoms. The lowest BCUT2D eigenvalue weighted by Gasteiger charge is -2.18. The highest BCUT2D eigenvalue weighted by Gasteiger charge is 2.23. The van der Waals surface area contributed by atoms with Crippen LogP contribution in [0.4, 0.5) is 10.5 Å². The van der Waals surface area contributed by atoms with E-state index in [1.54, 1.807) is 43.4 Å². The van der Waals surface area contributed by atoms with Crippen molar-refractivity contribution in [3.8, 4) is 11.4 Å². The number of hydrogen-bond donors (Lipinski definition) is 2. The molecule has 2 aromatic carbocycles. The summed E-state index contributed by atoms with van der Waals surface area (Å²) in [5.74, 6) is -0.361. The molecule has 0 saturated carbocycles. The third-order valence-corrected chi connectivity index (χ3v) is 5.58. The fourth-order valence-electron chi connectivity index (χ4n) is 2.95. The minimum atomic E-state index is -3.35.